The van der Waals surface area contributed by atoms with Crippen LogP contribution in [0.2, 0.25) is 0 Å². The Morgan fingerprint density at radius 3 is 2.70 bits per heavy atom. The largest absolute Gasteiger partial charge is 0.493 e. The quantitative estimate of drug-likeness (QED) is 0.343. The molecule has 3 aromatic rings. The lowest BCUT2D eigenvalue weighted by atomic mass is 9.90. The van der Waals surface area contributed by atoms with Gasteiger partial charge in [0.15, 0.2) is 16.6 Å². The number of benzene rings is 2. The molecule has 158 valence electrons. The number of rotatable bonds is 9. The number of methoxy groups -OCH3 is 1. The first kappa shape index (κ1) is 21.7. The van der Waals surface area contributed by atoms with Gasteiger partial charge in [-0.15, -0.1) is 0 Å². The predicted molar refractivity (Wildman–Crippen MR) is 128 cm³/mol. The van der Waals surface area contributed by atoms with E-state index in [4.69, 9.17) is 21.7 Å². The Morgan fingerprint density at radius 2 is 1.97 bits per heavy atom. The van der Waals surface area contributed by atoms with Crippen LogP contribution in [-0.4, -0.2) is 36.9 Å². The number of thiocarbonyl (C=S) groups is 1. The van der Waals surface area contributed by atoms with Crippen molar-refractivity contribution in [3.63, 3.8) is 0 Å². The maximum Gasteiger partial charge on any atom is 0.166 e. The monoisotopic (exact) mass is 423 g/mol. The molecule has 1 aromatic heterocycles. The fourth-order valence-electron chi connectivity index (χ4n) is 3.45. The average Bonchev–Trinajstić information content (AvgIpc) is 3.17. The van der Waals surface area contributed by atoms with Crippen molar-refractivity contribution in [2.75, 3.05) is 26.8 Å². The molecule has 0 aliphatic rings. The summed E-state index contributed by atoms with van der Waals surface area (Å²) in [5.41, 5.74) is 4.46. The predicted octanol–water partition coefficient (Wildman–Crippen LogP) is 4.75. The van der Waals surface area contributed by atoms with Gasteiger partial charge in [0.2, 0.25) is 0 Å². The van der Waals surface area contributed by atoms with Crippen molar-refractivity contribution in [3.8, 4) is 11.5 Å². The van der Waals surface area contributed by atoms with Crippen molar-refractivity contribution >= 4 is 28.2 Å². The summed E-state index contributed by atoms with van der Waals surface area (Å²) in [6.07, 6.45) is 2.07. The minimum Gasteiger partial charge on any atom is -0.493 e. The number of fused-ring (bicyclic) bond motifs is 1. The molecule has 0 unspecified atom stereocenters. The maximum atomic E-state index is 5.69. The van der Waals surface area contributed by atoms with Crippen molar-refractivity contribution in [2.24, 2.45) is 0 Å². The van der Waals surface area contributed by atoms with Crippen LogP contribution in [0.3, 0.4) is 0 Å². The molecule has 3 rings (SSSR count). The molecule has 1 atom stereocenters. The van der Waals surface area contributed by atoms with Crippen LogP contribution in [-0.2, 0) is 0 Å². The van der Waals surface area contributed by atoms with Gasteiger partial charge in [0, 0.05) is 36.1 Å². The van der Waals surface area contributed by atoms with Gasteiger partial charge in [-0.2, -0.15) is 0 Å². The maximum absolute atomic E-state index is 5.69. The van der Waals surface area contributed by atoms with Crippen molar-refractivity contribution in [3.05, 3.63) is 71.9 Å². The second-order valence-electron chi connectivity index (χ2n) is 7.21. The molecule has 3 N–H and O–H groups in total. The lowest BCUT2D eigenvalue weighted by Gasteiger charge is -2.21. The summed E-state index contributed by atoms with van der Waals surface area (Å²) in [5.74, 6) is 1.53. The third-order valence-electron chi connectivity index (χ3n) is 4.90. The minimum atomic E-state index is 0.0651. The fraction of sp³-hybridized carbons (Fsp3) is 0.292. The van der Waals surface area contributed by atoms with Crippen molar-refractivity contribution in [1.82, 2.24) is 15.6 Å². The Balaban J connectivity index is 1.93. The van der Waals surface area contributed by atoms with Gasteiger partial charge in [0.1, 0.15) is 0 Å². The van der Waals surface area contributed by atoms with Crippen molar-refractivity contribution < 1.29 is 9.47 Å². The van der Waals surface area contributed by atoms with E-state index in [2.05, 4.69) is 52.7 Å². The van der Waals surface area contributed by atoms with Crippen LogP contribution in [0, 0.1) is 0 Å². The van der Waals surface area contributed by atoms with E-state index in [1.54, 1.807) is 7.11 Å². The summed E-state index contributed by atoms with van der Waals surface area (Å²) < 4.78 is 11.3. The molecule has 1 heterocycles. The van der Waals surface area contributed by atoms with Crippen LogP contribution in [0.5, 0.6) is 11.5 Å². The van der Waals surface area contributed by atoms with Gasteiger partial charge >= 0.3 is 0 Å². The highest BCUT2D eigenvalue weighted by Crippen LogP contribution is 2.35. The van der Waals surface area contributed by atoms with Crippen LogP contribution < -0.4 is 20.1 Å². The summed E-state index contributed by atoms with van der Waals surface area (Å²) >= 11 is 5.45. The molecular formula is C24H29N3O2S. The van der Waals surface area contributed by atoms with Crippen LogP contribution in [0.4, 0.5) is 0 Å². The molecular weight excluding hydrogens is 394 g/mol. The van der Waals surface area contributed by atoms with Gasteiger partial charge in [0.05, 0.1) is 13.7 Å². The van der Waals surface area contributed by atoms with Gasteiger partial charge in [-0.25, -0.2) is 0 Å². The zero-order chi connectivity index (χ0) is 21.5. The Bertz CT molecular complexity index is 1030. The van der Waals surface area contributed by atoms with E-state index in [9.17, 15) is 0 Å². The number of nitrogens with one attached hydrogen (secondary N) is 3. The third-order valence-corrected chi connectivity index (χ3v) is 5.19. The number of ether oxygens (including phenoxy) is 2. The SMILES string of the molecule is C=C(C)CNC(=S)NC[C@@H](c1ccc(OCC)c(OC)c1)c1c[nH]c2ccccc12. The standard InChI is InChI=1S/C24H29N3O2S/c1-5-29-22-11-10-17(12-23(22)28-4)19(14-27-24(30)26-13-16(2)3)20-15-25-21-9-7-6-8-18(20)21/h6-12,15,19,25H,2,5,13-14H2,1,3-4H3,(H2,26,27,30)/t19-/m0/s1. The zero-order valence-corrected chi connectivity index (χ0v) is 18.6. The molecule has 0 saturated carbocycles. The van der Waals surface area contributed by atoms with E-state index in [0.717, 1.165) is 28.2 Å². The second-order valence-corrected chi connectivity index (χ2v) is 7.61. The molecule has 0 fully saturated rings. The van der Waals surface area contributed by atoms with E-state index >= 15 is 0 Å². The average molecular weight is 424 g/mol. The molecule has 0 spiro atoms. The number of H-pyrrole nitrogens is 1. The number of hydrogen-bond acceptors (Lipinski definition) is 3. The minimum absolute atomic E-state index is 0.0651. The fourth-order valence-corrected chi connectivity index (χ4v) is 3.61. The molecule has 0 aliphatic heterocycles. The van der Waals surface area contributed by atoms with Gasteiger partial charge < -0.3 is 25.1 Å². The van der Waals surface area contributed by atoms with Crippen LogP contribution in [0.1, 0.15) is 30.9 Å². The number of aromatic amines is 1. The van der Waals surface area contributed by atoms with E-state index in [1.807, 2.05) is 32.0 Å². The molecule has 0 amide bonds. The zero-order valence-electron chi connectivity index (χ0n) is 17.7. The Kier molecular flexibility index (Phi) is 7.36. The van der Waals surface area contributed by atoms with Crippen LogP contribution >= 0.6 is 12.2 Å². The summed E-state index contributed by atoms with van der Waals surface area (Å²) in [4.78, 5) is 3.38. The highest BCUT2D eigenvalue weighted by atomic mass is 32.1. The number of aromatic nitrogens is 1. The third kappa shape index (κ3) is 5.13. The Morgan fingerprint density at radius 1 is 1.17 bits per heavy atom. The van der Waals surface area contributed by atoms with Crippen LogP contribution in [0.15, 0.2) is 60.8 Å². The molecule has 2 aromatic carbocycles. The summed E-state index contributed by atoms with van der Waals surface area (Å²) in [7, 11) is 1.66. The van der Waals surface area contributed by atoms with Gasteiger partial charge in [-0.05, 0) is 55.4 Å². The van der Waals surface area contributed by atoms with Gasteiger partial charge in [0.25, 0.3) is 0 Å². The smallest absolute Gasteiger partial charge is 0.166 e. The van der Waals surface area contributed by atoms with Gasteiger partial charge in [-0.3, -0.25) is 0 Å². The highest BCUT2D eigenvalue weighted by molar-refractivity contribution is 7.80. The molecule has 5 nitrogen and oxygen atoms in total. The summed E-state index contributed by atoms with van der Waals surface area (Å²) in [6, 6.07) is 14.4. The molecule has 6 heteroatoms. The first-order valence-corrected chi connectivity index (χ1v) is 10.5. The van der Waals surface area contributed by atoms with E-state index in [0.29, 0.717) is 24.8 Å². The van der Waals surface area contributed by atoms with Crippen LogP contribution in [0.25, 0.3) is 10.9 Å². The van der Waals surface area contributed by atoms with Gasteiger partial charge in [-0.1, -0.05) is 36.4 Å². The molecule has 0 bridgehead atoms. The lowest BCUT2D eigenvalue weighted by molar-refractivity contribution is 0.310. The Labute approximate surface area is 183 Å². The lowest BCUT2D eigenvalue weighted by Crippen LogP contribution is -2.38. The number of para-hydroxylation sites is 1. The first-order chi connectivity index (χ1) is 14.5. The van der Waals surface area contributed by atoms with Crippen molar-refractivity contribution in [2.45, 2.75) is 19.8 Å². The normalized spacial score (nSPS) is 11.7. The first-order valence-electron chi connectivity index (χ1n) is 10.1. The molecule has 30 heavy (non-hydrogen) atoms. The molecule has 0 radical (unpaired) electrons. The van der Waals surface area contributed by atoms with E-state index in [-0.39, 0.29) is 5.92 Å². The number of hydrogen-bond donors (Lipinski definition) is 3. The highest BCUT2D eigenvalue weighted by Gasteiger charge is 2.20. The summed E-state index contributed by atoms with van der Waals surface area (Å²) in [5, 5.41) is 8.35. The molecule has 0 aliphatic carbocycles. The second kappa shape index (κ2) is 10.2. The van der Waals surface area contributed by atoms with Crippen molar-refractivity contribution in [1.29, 1.82) is 0 Å². The summed E-state index contributed by atoms with van der Waals surface area (Å²) in [6.45, 7) is 9.72. The topological polar surface area (TPSA) is 58.3 Å². The molecule has 0 saturated heterocycles. The van der Waals surface area contributed by atoms with E-state index in [1.165, 1.54) is 10.9 Å². The Hall–Kier alpha value is -2.99. The van der Waals surface area contributed by atoms with E-state index < -0.39 is 0 Å².